The van der Waals surface area contributed by atoms with Crippen molar-refractivity contribution in [1.82, 2.24) is 15.5 Å². The largest absolute Gasteiger partial charge is 0.407 e. The molecule has 0 radical (unpaired) electrons. The lowest BCUT2D eigenvalue weighted by Crippen LogP contribution is -2.26. The molecular formula is C9H16N4O. The van der Waals surface area contributed by atoms with Crippen molar-refractivity contribution in [3.05, 3.63) is 5.89 Å². The van der Waals surface area contributed by atoms with E-state index in [1.807, 2.05) is 7.05 Å². The van der Waals surface area contributed by atoms with E-state index in [0.717, 1.165) is 6.54 Å². The zero-order chi connectivity index (χ0) is 9.97. The van der Waals surface area contributed by atoms with E-state index < -0.39 is 0 Å². The summed E-state index contributed by atoms with van der Waals surface area (Å²) in [5, 5.41) is 11.0. The lowest BCUT2D eigenvalue weighted by molar-refractivity contribution is 0.469. The number of anilines is 1. The van der Waals surface area contributed by atoms with Gasteiger partial charge < -0.3 is 14.6 Å². The first-order valence-electron chi connectivity index (χ1n) is 5.05. The highest BCUT2D eigenvalue weighted by Gasteiger charge is 2.24. The van der Waals surface area contributed by atoms with Gasteiger partial charge in [0.05, 0.1) is 6.54 Å². The fourth-order valence-electron chi connectivity index (χ4n) is 1.80. The van der Waals surface area contributed by atoms with Crippen molar-refractivity contribution in [3.8, 4) is 0 Å². The molecular weight excluding hydrogens is 180 g/mol. The van der Waals surface area contributed by atoms with Crippen LogP contribution in [0.4, 0.5) is 6.01 Å². The summed E-state index contributed by atoms with van der Waals surface area (Å²) < 4.78 is 5.52. The molecule has 2 heterocycles. The molecule has 0 bridgehead atoms. The molecule has 1 atom stereocenters. The molecule has 5 heteroatoms. The minimum absolute atomic E-state index is 0.526. The first kappa shape index (κ1) is 9.45. The summed E-state index contributed by atoms with van der Waals surface area (Å²) in [6.45, 7) is 3.85. The van der Waals surface area contributed by atoms with E-state index in [-0.39, 0.29) is 0 Å². The minimum atomic E-state index is 0.526. The van der Waals surface area contributed by atoms with Gasteiger partial charge in [0.15, 0.2) is 0 Å². The van der Waals surface area contributed by atoms with Gasteiger partial charge in [-0.3, -0.25) is 0 Å². The van der Waals surface area contributed by atoms with Crippen LogP contribution in [0.2, 0.25) is 0 Å². The van der Waals surface area contributed by atoms with Crippen molar-refractivity contribution in [2.45, 2.75) is 32.4 Å². The Morgan fingerprint density at radius 1 is 1.57 bits per heavy atom. The Hall–Kier alpha value is -1.10. The third kappa shape index (κ3) is 1.72. The molecule has 1 aliphatic heterocycles. The van der Waals surface area contributed by atoms with Crippen molar-refractivity contribution in [2.75, 3.05) is 18.5 Å². The number of rotatable bonds is 3. The maximum absolute atomic E-state index is 5.52. The molecule has 5 nitrogen and oxygen atoms in total. The molecule has 2 rings (SSSR count). The minimum Gasteiger partial charge on any atom is -0.407 e. The number of aromatic nitrogens is 2. The van der Waals surface area contributed by atoms with Gasteiger partial charge in [-0.2, -0.15) is 0 Å². The maximum Gasteiger partial charge on any atom is 0.318 e. The number of nitrogens with one attached hydrogen (secondary N) is 1. The van der Waals surface area contributed by atoms with Crippen molar-refractivity contribution in [3.63, 3.8) is 0 Å². The quantitative estimate of drug-likeness (QED) is 0.774. The normalized spacial score (nSPS) is 21.9. The third-order valence-corrected chi connectivity index (χ3v) is 2.58. The predicted octanol–water partition coefficient (Wildman–Crippen LogP) is 0.778. The van der Waals surface area contributed by atoms with E-state index in [1.165, 1.54) is 12.8 Å². The molecule has 14 heavy (non-hydrogen) atoms. The first-order chi connectivity index (χ1) is 6.81. The number of hydrogen-bond donors (Lipinski definition) is 1. The Labute approximate surface area is 83.5 Å². The van der Waals surface area contributed by atoms with E-state index >= 15 is 0 Å². The van der Waals surface area contributed by atoms with Crippen LogP contribution in [0, 0.1) is 0 Å². The molecule has 0 spiro atoms. The van der Waals surface area contributed by atoms with Gasteiger partial charge in [-0.05, 0) is 26.8 Å². The van der Waals surface area contributed by atoms with Crippen molar-refractivity contribution >= 4 is 6.01 Å². The maximum atomic E-state index is 5.52. The van der Waals surface area contributed by atoms with Gasteiger partial charge in [-0.1, -0.05) is 5.10 Å². The van der Waals surface area contributed by atoms with Crippen LogP contribution in [0.25, 0.3) is 0 Å². The molecule has 1 fully saturated rings. The molecule has 1 aromatic heterocycles. The van der Waals surface area contributed by atoms with Gasteiger partial charge in [0.2, 0.25) is 5.89 Å². The average molecular weight is 196 g/mol. The van der Waals surface area contributed by atoms with Gasteiger partial charge >= 0.3 is 6.01 Å². The Balaban J connectivity index is 2.08. The molecule has 1 saturated heterocycles. The first-order valence-corrected chi connectivity index (χ1v) is 5.05. The number of hydrogen-bond acceptors (Lipinski definition) is 5. The lowest BCUT2D eigenvalue weighted by atomic mass is 10.2. The lowest BCUT2D eigenvalue weighted by Gasteiger charge is -2.17. The Morgan fingerprint density at radius 2 is 2.43 bits per heavy atom. The van der Waals surface area contributed by atoms with Gasteiger partial charge in [0.25, 0.3) is 0 Å². The second kappa shape index (κ2) is 3.96. The van der Waals surface area contributed by atoms with Crippen LogP contribution in [0.3, 0.4) is 0 Å². The van der Waals surface area contributed by atoms with E-state index in [9.17, 15) is 0 Å². The fourth-order valence-corrected chi connectivity index (χ4v) is 1.80. The van der Waals surface area contributed by atoms with E-state index in [4.69, 9.17) is 4.42 Å². The van der Waals surface area contributed by atoms with Crippen molar-refractivity contribution in [1.29, 1.82) is 0 Å². The summed E-state index contributed by atoms with van der Waals surface area (Å²) in [7, 11) is 1.86. The smallest absolute Gasteiger partial charge is 0.318 e. The second-order valence-electron chi connectivity index (χ2n) is 3.69. The van der Waals surface area contributed by atoms with Crippen LogP contribution < -0.4 is 10.2 Å². The second-order valence-corrected chi connectivity index (χ2v) is 3.69. The van der Waals surface area contributed by atoms with Crippen LogP contribution in [-0.4, -0.2) is 29.8 Å². The van der Waals surface area contributed by atoms with Crippen LogP contribution in [-0.2, 0) is 6.54 Å². The monoisotopic (exact) mass is 196 g/mol. The molecule has 1 aliphatic rings. The van der Waals surface area contributed by atoms with Crippen molar-refractivity contribution in [2.24, 2.45) is 0 Å². The Kier molecular flexibility index (Phi) is 2.67. The summed E-state index contributed by atoms with van der Waals surface area (Å²) >= 11 is 0. The average Bonchev–Trinajstić information content (AvgIpc) is 2.74. The van der Waals surface area contributed by atoms with Gasteiger partial charge in [0.1, 0.15) is 0 Å². The van der Waals surface area contributed by atoms with Gasteiger partial charge in [-0.25, -0.2) is 0 Å². The number of nitrogens with zero attached hydrogens (tertiary/aromatic N) is 3. The van der Waals surface area contributed by atoms with Crippen LogP contribution in [0.15, 0.2) is 4.42 Å². The highest BCUT2D eigenvalue weighted by atomic mass is 16.4. The SMILES string of the molecule is CNCc1nnc(N2CCCC2C)o1. The van der Waals surface area contributed by atoms with Crippen molar-refractivity contribution < 1.29 is 4.42 Å². The van der Waals surface area contributed by atoms with Gasteiger partial charge in [-0.15, -0.1) is 5.10 Å². The van der Waals surface area contributed by atoms with Crippen LogP contribution in [0.5, 0.6) is 0 Å². The third-order valence-electron chi connectivity index (χ3n) is 2.58. The molecule has 0 aliphatic carbocycles. The fraction of sp³-hybridized carbons (Fsp3) is 0.778. The molecule has 1 N–H and O–H groups in total. The summed E-state index contributed by atoms with van der Waals surface area (Å²) in [6, 6.07) is 1.19. The van der Waals surface area contributed by atoms with E-state index in [1.54, 1.807) is 0 Å². The van der Waals surface area contributed by atoms with E-state index in [0.29, 0.717) is 24.5 Å². The standard InChI is InChI=1S/C9H16N4O/c1-7-4-3-5-13(7)9-12-11-8(14-9)6-10-2/h7,10H,3-6H2,1-2H3. The molecule has 1 aromatic rings. The van der Waals surface area contributed by atoms with E-state index in [2.05, 4.69) is 27.3 Å². The zero-order valence-corrected chi connectivity index (χ0v) is 8.66. The summed E-state index contributed by atoms with van der Waals surface area (Å²) in [5.41, 5.74) is 0. The topological polar surface area (TPSA) is 54.2 Å². The Morgan fingerprint density at radius 3 is 3.07 bits per heavy atom. The Bertz CT molecular complexity index is 299. The van der Waals surface area contributed by atoms with Crippen LogP contribution in [0.1, 0.15) is 25.7 Å². The molecule has 78 valence electrons. The van der Waals surface area contributed by atoms with Crippen LogP contribution >= 0.6 is 0 Å². The van der Waals surface area contributed by atoms with Gasteiger partial charge in [0, 0.05) is 12.6 Å². The summed E-state index contributed by atoms with van der Waals surface area (Å²) in [4.78, 5) is 2.17. The molecule has 0 amide bonds. The summed E-state index contributed by atoms with van der Waals surface area (Å²) in [6.07, 6.45) is 2.43. The zero-order valence-electron chi connectivity index (χ0n) is 8.66. The molecule has 0 aromatic carbocycles. The summed E-state index contributed by atoms with van der Waals surface area (Å²) in [5.74, 6) is 0.654. The highest BCUT2D eigenvalue weighted by molar-refractivity contribution is 5.27. The predicted molar refractivity (Wildman–Crippen MR) is 53.1 cm³/mol. The molecule has 1 unspecified atom stereocenters. The highest BCUT2D eigenvalue weighted by Crippen LogP contribution is 2.23. The molecule has 0 saturated carbocycles.